The minimum atomic E-state index is -0.878. The van der Waals surface area contributed by atoms with Crippen molar-refractivity contribution < 1.29 is 24.2 Å². The Hall–Kier alpha value is -3.35. The Morgan fingerprint density at radius 3 is 2.20 bits per heavy atom. The molecule has 2 aliphatic rings. The molecule has 35 heavy (non-hydrogen) atoms. The van der Waals surface area contributed by atoms with E-state index in [4.69, 9.17) is 4.74 Å². The van der Waals surface area contributed by atoms with Gasteiger partial charge in [0, 0.05) is 25.6 Å². The molecule has 2 aromatic carbocycles. The van der Waals surface area contributed by atoms with Crippen molar-refractivity contribution in [3.63, 3.8) is 0 Å². The lowest BCUT2D eigenvalue weighted by Crippen LogP contribution is -2.44. The van der Waals surface area contributed by atoms with Gasteiger partial charge in [-0.15, -0.1) is 0 Å². The van der Waals surface area contributed by atoms with E-state index in [1.165, 1.54) is 0 Å². The topological polar surface area (TPSA) is 95.9 Å². The molecule has 1 aliphatic heterocycles. The van der Waals surface area contributed by atoms with Crippen molar-refractivity contribution in [2.24, 2.45) is 17.3 Å². The summed E-state index contributed by atoms with van der Waals surface area (Å²) in [4.78, 5) is 39.2. The lowest BCUT2D eigenvalue weighted by atomic mass is 9.84. The molecule has 0 saturated carbocycles. The lowest BCUT2D eigenvalue weighted by molar-refractivity contribution is -0.149. The number of alkyl carbamates (subject to hydrolysis) is 1. The molecule has 1 saturated heterocycles. The number of benzene rings is 2. The van der Waals surface area contributed by atoms with Crippen molar-refractivity contribution in [3.8, 4) is 11.1 Å². The van der Waals surface area contributed by atoms with Gasteiger partial charge in [0.1, 0.15) is 6.61 Å². The second-order valence-corrected chi connectivity index (χ2v) is 10.0. The summed E-state index contributed by atoms with van der Waals surface area (Å²) in [6.07, 6.45) is 0.381. The number of nitrogens with zero attached hydrogens (tertiary/aromatic N) is 1. The zero-order valence-electron chi connectivity index (χ0n) is 20.6. The number of carboxylic acids is 1. The van der Waals surface area contributed by atoms with Crippen LogP contribution in [0.5, 0.6) is 0 Å². The van der Waals surface area contributed by atoms with Crippen LogP contribution >= 0.6 is 0 Å². The van der Waals surface area contributed by atoms with Gasteiger partial charge in [-0.05, 0) is 41.0 Å². The minimum absolute atomic E-state index is 0.0159. The van der Waals surface area contributed by atoms with Crippen LogP contribution in [0.2, 0.25) is 0 Å². The first-order chi connectivity index (χ1) is 16.8. The van der Waals surface area contributed by atoms with Crippen LogP contribution < -0.4 is 5.32 Å². The number of carbonyl (C=O) groups excluding carboxylic acids is 2. The van der Waals surface area contributed by atoms with Gasteiger partial charge in [-0.3, -0.25) is 9.59 Å². The summed E-state index contributed by atoms with van der Waals surface area (Å²) in [5.74, 6) is -1.46. The Labute approximate surface area is 206 Å². The normalized spacial score (nSPS) is 19.8. The molecule has 1 heterocycles. The number of hydrogen-bond acceptors (Lipinski definition) is 4. The molecule has 0 radical (unpaired) electrons. The number of carboxylic acid groups (broad SMARTS) is 1. The van der Waals surface area contributed by atoms with E-state index >= 15 is 0 Å². The summed E-state index contributed by atoms with van der Waals surface area (Å²) < 4.78 is 5.60. The lowest BCUT2D eigenvalue weighted by Gasteiger charge is -2.28. The Morgan fingerprint density at radius 1 is 1.09 bits per heavy atom. The van der Waals surface area contributed by atoms with Crippen LogP contribution in [0, 0.1) is 17.3 Å². The number of fused-ring (bicyclic) bond motifs is 3. The molecule has 2 atom stereocenters. The molecular formula is C28H34N2O5. The molecule has 2 amide bonds. The second kappa shape index (κ2) is 10.1. The number of amides is 2. The molecule has 2 N–H and O–H groups in total. The van der Waals surface area contributed by atoms with Gasteiger partial charge in [-0.25, -0.2) is 4.79 Å². The van der Waals surface area contributed by atoms with Crippen LogP contribution in [0.15, 0.2) is 48.5 Å². The number of ether oxygens (including phenoxy) is 1. The Morgan fingerprint density at radius 2 is 1.69 bits per heavy atom. The van der Waals surface area contributed by atoms with Crippen molar-refractivity contribution in [1.29, 1.82) is 0 Å². The molecule has 1 aliphatic carbocycles. The van der Waals surface area contributed by atoms with Gasteiger partial charge in [-0.1, -0.05) is 69.3 Å². The third-order valence-corrected chi connectivity index (χ3v) is 7.73. The van der Waals surface area contributed by atoms with E-state index in [0.717, 1.165) is 22.3 Å². The van der Waals surface area contributed by atoms with Crippen molar-refractivity contribution >= 4 is 18.0 Å². The maximum absolute atomic E-state index is 13.2. The Bertz CT molecular complexity index is 1070. The summed E-state index contributed by atoms with van der Waals surface area (Å²) in [5, 5.41) is 12.4. The average Bonchev–Trinajstić information content (AvgIpc) is 3.43. The highest BCUT2D eigenvalue weighted by Gasteiger charge is 2.46. The first-order valence-corrected chi connectivity index (χ1v) is 12.4. The molecule has 4 rings (SSSR count). The predicted octanol–water partition coefficient (Wildman–Crippen LogP) is 4.51. The van der Waals surface area contributed by atoms with E-state index in [0.29, 0.717) is 19.4 Å². The van der Waals surface area contributed by atoms with Crippen LogP contribution in [0.25, 0.3) is 11.1 Å². The van der Waals surface area contributed by atoms with Crippen molar-refractivity contribution in [2.45, 2.75) is 39.5 Å². The summed E-state index contributed by atoms with van der Waals surface area (Å²) in [6.45, 7) is 6.71. The zero-order valence-corrected chi connectivity index (χ0v) is 20.6. The maximum atomic E-state index is 13.2. The van der Waals surface area contributed by atoms with E-state index in [2.05, 4.69) is 29.6 Å². The maximum Gasteiger partial charge on any atom is 0.407 e. The van der Waals surface area contributed by atoms with Gasteiger partial charge in [-0.2, -0.15) is 0 Å². The highest BCUT2D eigenvalue weighted by Crippen LogP contribution is 2.44. The van der Waals surface area contributed by atoms with Gasteiger partial charge < -0.3 is 20.1 Å². The SMILES string of the molecule is CCC1(C(=O)O)CCN(C(=O)C(CNC(=O)OCC2c3ccccc3-c3ccccc32)C(C)C)C1. The van der Waals surface area contributed by atoms with Gasteiger partial charge in [0.05, 0.1) is 11.3 Å². The molecule has 0 bridgehead atoms. The first kappa shape index (κ1) is 24.8. The van der Waals surface area contributed by atoms with Crippen LogP contribution in [0.3, 0.4) is 0 Å². The van der Waals surface area contributed by atoms with Crippen LogP contribution in [-0.2, 0) is 14.3 Å². The van der Waals surface area contributed by atoms with Crippen molar-refractivity contribution in [3.05, 3.63) is 59.7 Å². The molecular weight excluding hydrogens is 444 g/mol. The quantitative estimate of drug-likeness (QED) is 0.582. The molecule has 7 nitrogen and oxygen atoms in total. The molecule has 1 fully saturated rings. The smallest absolute Gasteiger partial charge is 0.407 e. The fourth-order valence-corrected chi connectivity index (χ4v) is 5.36. The standard InChI is InChI=1S/C28H34N2O5/c1-4-28(26(32)33)13-14-30(17-28)25(31)23(18(2)3)15-29-27(34)35-16-24-21-11-7-5-9-19(21)20-10-6-8-12-22(20)24/h5-12,18,23-24H,4,13-17H2,1-3H3,(H,29,34)(H,32,33). The molecule has 0 spiro atoms. The third-order valence-electron chi connectivity index (χ3n) is 7.73. The number of nitrogens with one attached hydrogen (secondary N) is 1. The number of hydrogen-bond donors (Lipinski definition) is 2. The van der Waals surface area contributed by atoms with Crippen LogP contribution in [0.1, 0.15) is 50.7 Å². The largest absolute Gasteiger partial charge is 0.481 e. The van der Waals surface area contributed by atoms with E-state index in [1.54, 1.807) is 4.90 Å². The van der Waals surface area contributed by atoms with E-state index in [1.807, 2.05) is 45.0 Å². The number of likely N-dealkylation sites (tertiary alicyclic amines) is 1. The monoisotopic (exact) mass is 478 g/mol. The highest BCUT2D eigenvalue weighted by atomic mass is 16.5. The van der Waals surface area contributed by atoms with Crippen LogP contribution in [0.4, 0.5) is 4.79 Å². The van der Waals surface area contributed by atoms with E-state index in [-0.39, 0.29) is 37.4 Å². The Balaban J connectivity index is 1.35. The highest BCUT2D eigenvalue weighted by molar-refractivity contribution is 5.83. The Kier molecular flexibility index (Phi) is 7.15. The zero-order chi connectivity index (χ0) is 25.2. The van der Waals surface area contributed by atoms with Crippen molar-refractivity contribution in [1.82, 2.24) is 10.2 Å². The number of carbonyl (C=O) groups is 3. The first-order valence-electron chi connectivity index (χ1n) is 12.4. The molecule has 186 valence electrons. The van der Waals surface area contributed by atoms with E-state index in [9.17, 15) is 19.5 Å². The third kappa shape index (κ3) is 4.77. The van der Waals surface area contributed by atoms with Crippen molar-refractivity contribution in [2.75, 3.05) is 26.2 Å². The van der Waals surface area contributed by atoms with Crippen LogP contribution in [-0.4, -0.2) is 54.2 Å². The molecule has 7 heteroatoms. The van der Waals surface area contributed by atoms with Gasteiger partial charge >= 0.3 is 12.1 Å². The van der Waals surface area contributed by atoms with E-state index < -0.39 is 23.4 Å². The number of aliphatic carboxylic acids is 1. The molecule has 2 aromatic rings. The molecule has 0 aromatic heterocycles. The van der Waals surface area contributed by atoms with Gasteiger partial charge in [0.15, 0.2) is 0 Å². The summed E-state index contributed by atoms with van der Waals surface area (Å²) in [6, 6.07) is 16.3. The second-order valence-electron chi connectivity index (χ2n) is 10.0. The fraction of sp³-hybridized carbons (Fsp3) is 0.464. The predicted molar refractivity (Wildman–Crippen MR) is 133 cm³/mol. The summed E-state index contributed by atoms with van der Waals surface area (Å²) in [7, 11) is 0. The van der Waals surface area contributed by atoms with Gasteiger partial charge in [0.25, 0.3) is 0 Å². The summed E-state index contributed by atoms with van der Waals surface area (Å²) >= 11 is 0. The average molecular weight is 479 g/mol. The molecule has 2 unspecified atom stereocenters. The summed E-state index contributed by atoms with van der Waals surface area (Å²) in [5.41, 5.74) is 3.74. The minimum Gasteiger partial charge on any atom is -0.481 e. The fourth-order valence-electron chi connectivity index (χ4n) is 5.36. The number of rotatable bonds is 8. The van der Waals surface area contributed by atoms with Gasteiger partial charge in [0.2, 0.25) is 5.91 Å².